The van der Waals surface area contributed by atoms with Gasteiger partial charge in [0.1, 0.15) is 5.75 Å². The molecule has 2 N–H and O–H groups in total. The van der Waals surface area contributed by atoms with Gasteiger partial charge in [0, 0.05) is 23.4 Å². The Balaban J connectivity index is 1.64. The number of nitrogens with one attached hydrogen (secondary N) is 1. The van der Waals surface area contributed by atoms with E-state index in [1.807, 2.05) is 18.2 Å². The van der Waals surface area contributed by atoms with Crippen molar-refractivity contribution in [2.24, 2.45) is 11.8 Å². The number of amides is 1. The Hall–Kier alpha value is -2.04. The molecule has 2 fully saturated rings. The SMILES string of the molecule is COc1ccccc1C1(CNC(=O)[C@@H]2CC[C@H](C(=O)O)C2)CCC1. The Morgan fingerprint density at radius 1 is 1.25 bits per heavy atom. The number of rotatable bonds is 6. The molecule has 1 aromatic rings. The van der Waals surface area contributed by atoms with E-state index in [-0.39, 0.29) is 23.2 Å². The first-order valence-corrected chi connectivity index (χ1v) is 8.70. The average Bonchev–Trinajstić information content (AvgIpc) is 3.04. The van der Waals surface area contributed by atoms with Gasteiger partial charge in [0.25, 0.3) is 0 Å². The average molecular weight is 331 g/mol. The van der Waals surface area contributed by atoms with Crippen molar-refractivity contribution in [3.63, 3.8) is 0 Å². The zero-order valence-electron chi connectivity index (χ0n) is 14.1. The molecule has 0 radical (unpaired) electrons. The lowest BCUT2D eigenvalue weighted by Gasteiger charge is -2.43. The number of hydrogen-bond donors (Lipinski definition) is 2. The summed E-state index contributed by atoms with van der Waals surface area (Å²) in [6.07, 6.45) is 4.96. The summed E-state index contributed by atoms with van der Waals surface area (Å²) in [6, 6.07) is 8.01. The summed E-state index contributed by atoms with van der Waals surface area (Å²) in [6.45, 7) is 0.598. The van der Waals surface area contributed by atoms with Gasteiger partial charge in [0.05, 0.1) is 13.0 Å². The van der Waals surface area contributed by atoms with Gasteiger partial charge < -0.3 is 15.2 Å². The van der Waals surface area contributed by atoms with E-state index in [9.17, 15) is 9.59 Å². The third kappa shape index (κ3) is 3.12. The van der Waals surface area contributed by atoms with E-state index in [4.69, 9.17) is 9.84 Å². The van der Waals surface area contributed by atoms with Crippen LogP contribution < -0.4 is 10.1 Å². The third-order valence-corrected chi connectivity index (χ3v) is 5.74. The number of carbonyl (C=O) groups is 2. The molecule has 0 aliphatic heterocycles. The monoisotopic (exact) mass is 331 g/mol. The van der Waals surface area contributed by atoms with E-state index < -0.39 is 5.97 Å². The number of carboxylic acids is 1. The Labute approximate surface area is 142 Å². The van der Waals surface area contributed by atoms with Crippen LogP contribution in [0.15, 0.2) is 24.3 Å². The number of para-hydroxylation sites is 1. The van der Waals surface area contributed by atoms with Gasteiger partial charge in [-0.15, -0.1) is 0 Å². The lowest BCUT2D eigenvalue weighted by atomic mass is 9.64. The molecule has 2 aliphatic carbocycles. The highest BCUT2D eigenvalue weighted by atomic mass is 16.5. The van der Waals surface area contributed by atoms with Crippen LogP contribution in [0, 0.1) is 11.8 Å². The number of ether oxygens (including phenoxy) is 1. The fourth-order valence-electron chi connectivity index (χ4n) is 4.07. The van der Waals surface area contributed by atoms with Gasteiger partial charge in [0.15, 0.2) is 0 Å². The molecular weight excluding hydrogens is 306 g/mol. The summed E-state index contributed by atoms with van der Waals surface area (Å²) in [5, 5.41) is 12.2. The minimum atomic E-state index is -0.783. The van der Waals surface area contributed by atoms with Crippen molar-refractivity contribution in [2.45, 2.75) is 43.9 Å². The standard InChI is InChI=1S/C19H25NO4/c1-24-16-6-3-2-5-15(16)19(9-4-10-19)12-20-17(21)13-7-8-14(11-13)18(22)23/h2-3,5-6,13-14H,4,7-12H2,1H3,(H,20,21)(H,22,23)/t13-,14+/m1/s1. The second-order valence-corrected chi connectivity index (χ2v) is 7.10. The van der Waals surface area contributed by atoms with Crippen LogP contribution in [-0.4, -0.2) is 30.6 Å². The number of methoxy groups -OCH3 is 1. The van der Waals surface area contributed by atoms with Crippen LogP contribution in [0.25, 0.3) is 0 Å². The normalized spacial score (nSPS) is 24.9. The minimum Gasteiger partial charge on any atom is -0.496 e. The van der Waals surface area contributed by atoms with Crippen LogP contribution in [0.2, 0.25) is 0 Å². The smallest absolute Gasteiger partial charge is 0.306 e. The third-order valence-electron chi connectivity index (χ3n) is 5.74. The van der Waals surface area contributed by atoms with Gasteiger partial charge in [-0.2, -0.15) is 0 Å². The van der Waals surface area contributed by atoms with Crippen molar-refractivity contribution < 1.29 is 19.4 Å². The summed E-state index contributed by atoms with van der Waals surface area (Å²) in [5.74, 6) is -0.443. The van der Waals surface area contributed by atoms with Crippen LogP contribution in [0.3, 0.4) is 0 Å². The Bertz CT molecular complexity index is 624. The van der Waals surface area contributed by atoms with Gasteiger partial charge in [-0.25, -0.2) is 0 Å². The summed E-state index contributed by atoms with van der Waals surface area (Å²) < 4.78 is 5.50. The first-order valence-electron chi connectivity index (χ1n) is 8.70. The number of carbonyl (C=O) groups excluding carboxylic acids is 1. The maximum atomic E-state index is 12.5. The largest absolute Gasteiger partial charge is 0.496 e. The van der Waals surface area contributed by atoms with Crippen molar-refractivity contribution in [1.29, 1.82) is 0 Å². The van der Waals surface area contributed by atoms with E-state index in [1.54, 1.807) is 7.11 Å². The van der Waals surface area contributed by atoms with Crippen LogP contribution in [0.4, 0.5) is 0 Å². The quantitative estimate of drug-likeness (QED) is 0.840. The number of carboxylic acid groups (broad SMARTS) is 1. The zero-order valence-corrected chi connectivity index (χ0v) is 14.1. The van der Waals surface area contributed by atoms with Gasteiger partial charge in [-0.3, -0.25) is 9.59 Å². The van der Waals surface area contributed by atoms with Crippen LogP contribution in [0.5, 0.6) is 5.75 Å². The molecule has 0 aromatic heterocycles. The van der Waals surface area contributed by atoms with Crippen LogP contribution >= 0.6 is 0 Å². The van der Waals surface area contributed by atoms with Gasteiger partial charge in [-0.1, -0.05) is 24.6 Å². The summed E-state index contributed by atoms with van der Waals surface area (Å²) >= 11 is 0. The maximum Gasteiger partial charge on any atom is 0.306 e. The predicted octanol–water partition coefficient (Wildman–Crippen LogP) is 2.73. The fourth-order valence-corrected chi connectivity index (χ4v) is 4.07. The highest BCUT2D eigenvalue weighted by Gasteiger charge is 2.42. The maximum absolute atomic E-state index is 12.5. The first-order chi connectivity index (χ1) is 11.6. The molecule has 2 atom stereocenters. The van der Waals surface area contributed by atoms with E-state index >= 15 is 0 Å². The molecular formula is C19H25NO4. The van der Waals surface area contributed by atoms with Crippen LogP contribution in [-0.2, 0) is 15.0 Å². The molecule has 2 saturated carbocycles. The van der Waals surface area contributed by atoms with E-state index in [1.165, 1.54) is 0 Å². The van der Waals surface area contributed by atoms with Crippen molar-refractivity contribution in [3.8, 4) is 5.75 Å². The van der Waals surface area contributed by atoms with E-state index in [2.05, 4.69) is 11.4 Å². The molecule has 5 heteroatoms. The number of benzene rings is 1. The Morgan fingerprint density at radius 3 is 2.54 bits per heavy atom. The Kier molecular flexibility index (Phi) is 4.78. The highest BCUT2D eigenvalue weighted by Crippen LogP contribution is 2.46. The lowest BCUT2D eigenvalue weighted by molar-refractivity contribution is -0.141. The summed E-state index contributed by atoms with van der Waals surface area (Å²) in [7, 11) is 1.67. The van der Waals surface area contributed by atoms with Gasteiger partial charge in [-0.05, 0) is 38.2 Å². The summed E-state index contributed by atoms with van der Waals surface area (Å²) in [4.78, 5) is 23.5. The molecule has 1 aromatic carbocycles. The highest BCUT2D eigenvalue weighted by molar-refractivity contribution is 5.81. The van der Waals surface area contributed by atoms with Crippen molar-refractivity contribution in [2.75, 3.05) is 13.7 Å². The topological polar surface area (TPSA) is 75.6 Å². The number of aliphatic carboxylic acids is 1. The van der Waals surface area contributed by atoms with Gasteiger partial charge in [0.2, 0.25) is 5.91 Å². The molecule has 2 aliphatic rings. The molecule has 130 valence electrons. The van der Waals surface area contributed by atoms with Crippen molar-refractivity contribution >= 4 is 11.9 Å². The molecule has 24 heavy (non-hydrogen) atoms. The van der Waals surface area contributed by atoms with E-state index in [0.29, 0.717) is 25.8 Å². The summed E-state index contributed by atoms with van der Waals surface area (Å²) in [5.41, 5.74) is 1.11. The Morgan fingerprint density at radius 2 is 1.96 bits per heavy atom. The molecule has 0 saturated heterocycles. The van der Waals surface area contributed by atoms with Crippen molar-refractivity contribution in [1.82, 2.24) is 5.32 Å². The first kappa shape index (κ1) is 16.8. The van der Waals surface area contributed by atoms with E-state index in [0.717, 1.165) is 30.6 Å². The molecule has 0 unspecified atom stereocenters. The fraction of sp³-hybridized carbons (Fsp3) is 0.579. The van der Waals surface area contributed by atoms with Gasteiger partial charge >= 0.3 is 5.97 Å². The van der Waals surface area contributed by atoms with Crippen molar-refractivity contribution in [3.05, 3.63) is 29.8 Å². The zero-order chi connectivity index (χ0) is 17.2. The molecule has 0 heterocycles. The molecule has 0 bridgehead atoms. The molecule has 3 rings (SSSR count). The minimum absolute atomic E-state index is 0.0000713. The molecule has 0 spiro atoms. The second kappa shape index (κ2) is 6.83. The van der Waals surface area contributed by atoms with Crippen LogP contribution in [0.1, 0.15) is 44.1 Å². The predicted molar refractivity (Wildman–Crippen MR) is 90.0 cm³/mol. The second-order valence-electron chi connectivity index (χ2n) is 7.10. The molecule has 5 nitrogen and oxygen atoms in total. The number of hydrogen-bond acceptors (Lipinski definition) is 3. The lowest BCUT2D eigenvalue weighted by Crippen LogP contribution is -2.47. The molecule has 1 amide bonds.